The van der Waals surface area contributed by atoms with Gasteiger partial charge in [-0.25, -0.2) is 9.20 Å². The van der Waals surface area contributed by atoms with Crippen LogP contribution in [0.1, 0.15) is 32.6 Å². The molecule has 2 N–H and O–H groups in total. The van der Waals surface area contributed by atoms with E-state index in [4.69, 9.17) is 5.73 Å². The van der Waals surface area contributed by atoms with Crippen LogP contribution in [-0.4, -0.2) is 18.9 Å². The van der Waals surface area contributed by atoms with Gasteiger partial charge in [-0.1, -0.05) is 26.2 Å². The molecule has 0 bridgehead atoms. The summed E-state index contributed by atoms with van der Waals surface area (Å²) in [4.78, 5) is 19.2. The summed E-state index contributed by atoms with van der Waals surface area (Å²) >= 11 is 0. The maximum Gasteiger partial charge on any atom is 0.357 e. The van der Waals surface area contributed by atoms with Gasteiger partial charge in [0.2, 0.25) is 11.7 Å². The van der Waals surface area contributed by atoms with Crippen molar-refractivity contribution in [1.29, 1.82) is 0 Å². The Morgan fingerprint density at radius 2 is 2.06 bits per heavy atom. The van der Waals surface area contributed by atoms with Crippen molar-refractivity contribution in [2.75, 3.05) is 5.73 Å². The molecular weight excluding hydrogens is 218 g/mol. The number of anilines is 1. The van der Waals surface area contributed by atoms with Gasteiger partial charge in [0.05, 0.1) is 0 Å². The van der Waals surface area contributed by atoms with Crippen molar-refractivity contribution in [3.05, 3.63) is 22.9 Å². The molecule has 0 spiro atoms. The highest BCUT2D eigenvalue weighted by molar-refractivity contribution is 5.34. The lowest BCUT2D eigenvalue weighted by Gasteiger charge is -2.03. The molecule has 92 valence electrons. The number of imidazole rings is 1. The minimum Gasteiger partial charge on any atom is -0.368 e. The van der Waals surface area contributed by atoms with Crippen molar-refractivity contribution in [3.63, 3.8) is 0 Å². The highest BCUT2D eigenvalue weighted by atomic mass is 16.1. The number of nitrogens with two attached hydrogens (primary N) is 1. The lowest BCUT2D eigenvalue weighted by atomic mass is 10.2. The molecule has 0 aliphatic rings. The van der Waals surface area contributed by atoms with Crippen LogP contribution in [0.3, 0.4) is 0 Å². The zero-order valence-corrected chi connectivity index (χ0v) is 9.96. The molecule has 0 aliphatic heterocycles. The van der Waals surface area contributed by atoms with Crippen molar-refractivity contribution in [2.24, 2.45) is 0 Å². The van der Waals surface area contributed by atoms with Crippen molar-refractivity contribution in [1.82, 2.24) is 18.9 Å². The van der Waals surface area contributed by atoms with Crippen LogP contribution in [0.15, 0.2) is 17.2 Å². The SMILES string of the molecule is CCCCCCn1ccn2c(=O)nc(N)nc12. The smallest absolute Gasteiger partial charge is 0.357 e. The molecule has 0 saturated heterocycles. The predicted octanol–water partition coefficient (Wildman–Crippen LogP) is 1.05. The summed E-state index contributed by atoms with van der Waals surface area (Å²) in [7, 11) is 0. The Bertz CT molecular complexity index is 556. The second-order valence-corrected chi connectivity index (χ2v) is 4.09. The highest BCUT2D eigenvalue weighted by Gasteiger charge is 2.05. The van der Waals surface area contributed by atoms with Gasteiger partial charge in [0.1, 0.15) is 0 Å². The van der Waals surface area contributed by atoms with Gasteiger partial charge < -0.3 is 10.3 Å². The first-order chi connectivity index (χ1) is 8.22. The lowest BCUT2D eigenvalue weighted by molar-refractivity contribution is 0.588. The largest absolute Gasteiger partial charge is 0.368 e. The van der Waals surface area contributed by atoms with E-state index in [-0.39, 0.29) is 11.6 Å². The second-order valence-electron chi connectivity index (χ2n) is 4.09. The van der Waals surface area contributed by atoms with Crippen LogP contribution < -0.4 is 11.4 Å². The molecule has 2 aromatic heterocycles. The molecule has 6 heteroatoms. The Morgan fingerprint density at radius 3 is 2.82 bits per heavy atom. The van der Waals surface area contributed by atoms with Crippen LogP contribution in [0, 0.1) is 0 Å². The molecule has 0 unspecified atom stereocenters. The fourth-order valence-electron chi connectivity index (χ4n) is 1.85. The summed E-state index contributed by atoms with van der Waals surface area (Å²) < 4.78 is 3.35. The number of fused-ring (bicyclic) bond motifs is 1. The van der Waals surface area contributed by atoms with Crippen molar-refractivity contribution < 1.29 is 0 Å². The maximum absolute atomic E-state index is 11.5. The Hall–Kier alpha value is -1.85. The van der Waals surface area contributed by atoms with Crippen molar-refractivity contribution >= 4 is 11.7 Å². The van der Waals surface area contributed by atoms with E-state index in [1.165, 1.54) is 23.7 Å². The standard InChI is InChI=1S/C11H17N5O/c1-2-3-4-5-6-15-7-8-16-10(15)13-9(12)14-11(16)17/h7-8H,2-6H2,1H3,(H2,12,14,17). The third kappa shape index (κ3) is 2.46. The summed E-state index contributed by atoms with van der Waals surface area (Å²) in [5, 5.41) is 0. The fourth-order valence-corrected chi connectivity index (χ4v) is 1.85. The summed E-state index contributed by atoms with van der Waals surface area (Å²) in [6, 6.07) is 0. The third-order valence-corrected chi connectivity index (χ3v) is 2.75. The lowest BCUT2D eigenvalue weighted by Crippen LogP contribution is -2.19. The average molecular weight is 235 g/mol. The van der Waals surface area contributed by atoms with E-state index in [0.29, 0.717) is 5.78 Å². The summed E-state index contributed by atoms with van der Waals surface area (Å²) in [6.45, 7) is 3.03. The second kappa shape index (κ2) is 4.99. The maximum atomic E-state index is 11.5. The number of aromatic nitrogens is 4. The van der Waals surface area contributed by atoms with Crippen molar-refractivity contribution in [2.45, 2.75) is 39.2 Å². The van der Waals surface area contributed by atoms with Gasteiger partial charge in [-0.05, 0) is 6.42 Å². The highest BCUT2D eigenvalue weighted by Crippen LogP contribution is 2.05. The number of rotatable bonds is 5. The van der Waals surface area contributed by atoms with E-state index >= 15 is 0 Å². The molecule has 0 saturated carbocycles. The van der Waals surface area contributed by atoms with E-state index in [0.717, 1.165) is 13.0 Å². The summed E-state index contributed by atoms with van der Waals surface area (Å²) in [6.07, 6.45) is 8.23. The van der Waals surface area contributed by atoms with Gasteiger partial charge in [-0.15, -0.1) is 0 Å². The average Bonchev–Trinajstić information content (AvgIpc) is 2.68. The number of unbranched alkanes of at least 4 members (excludes halogenated alkanes) is 3. The number of hydrogen-bond donors (Lipinski definition) is 1. The van der Waals surface area contributed by atoms with Crippen LogP contribution >= 0.6 is 0 Å². The minimum absolute atomic E-state index is 0.0310. The van der Waals surface area contributed by atoms with Crippen LogP contribution in [0.4, 0.5) is 5.95 Å². The molecule has 6 nitrogen and oxygen atoms in total. The van der Waals surface area contributed by atoms with E-state index in [9.17, 15) is 4.79 Å². The quantitative estimate of drug-likeness (QED) is 0.786. The van der Waals surface area contributed by atoms with Gasteiger partial charge in [-0.2, -0.15) is 9.97 Å². The van der Waals surface area contributed by atoms with Gasteiger partial charge >= 0.3 is 5.69 Å². The molecule has 2 rings (SSSR count). The molecule has 0 radical (unpaired) electrons. The number of nitrogens with zero attached hydrogens (tertiary/aromatic N) is 4. The van der Waals surface area contributed by atoms with Crippen LogP contribution in [-0.2, 0) is 6.54 Å². The molecule has 0 atom stereocenters. The number of hydrogen-bond acceptors (Lipinski definition) is 4. The van der Waals surface area contributed by atoms with E-state index in [1.54, 1.807) is 6.20 Å². The molecule has 17 heavy (non-hydrogen) atoms. The number of aryl methyl sites for hydroxylation is 1. The van der Waals surface area contributed by atoms with Gasteiger partial charge in [0.25, 0.3) is 0 Å². The molecule has 0 aliphatic carbocycles. The normalized spacial score (nSPS) is 11.1. The van der Waals surface area contributed by atoms with Crippen LogP contribution in [0.2, 0.25) is 0 Å². The summed E-state index contributed by atoms with van der Waals surface area (Å²) in [5.74, 6) is 0.600. The van der Waals surface area contributed by atoms with Crippen LogP contribution in [0.5, 0.6) is 0 Å². The zero-order valence-electron chi connectivity index (χ0n) is 9.96. The fraction of sp³-hybridized carbons (Fsp3) is 0.545. The Morgan fingerprint density at radius 1 is 1.24 bits per heavy atom. The Kier molecular flexibility index (Phi) is 3.41. The van der Waals surface area contributed by atoms with E-state index in [2.05, 4.69) is 16.9 Å². The van der Waals surface area contributed by atoms with Gasteiger partial charge in [0.15, 0.2) is 0 Å². The molecule has 2 aromatic rings. The Labute approximate surface area is 99.1 Å². The first kappa shape index (κ1) is 11.6. The first-order valence-corrected chi connectivity index (χ1v) is 5.93. The molecule has 0 amide bonds. The predicted molar refractivity (Wildman–Crippen MR) is 65.8 cm³/mol. The van der Waals surface area contributed by atoms with Crippen molar-refractivity contribution in [3.8, 4) is 0 Å². The molecule has 0 fully saturated rings. The minimum atomic E-state index is -0.375. The molecule has 0 aromatic carbocycles. The van der Waals surface area contributed by atoms with E-state index < -0.39 is 0 Å². The number of nitrogen functional groups attached to an aromatic ring is 1. The van der Waals surface area contributed by atoms with Gasteiger partial charge in [-0.3, -0.25) is 0 Å². The summed E-state index contributed by atoms with van der Waals surface area (Å²) in [5.41, 5.74) is 5.11. The van der Waals surface area contributed by atoms with Gasteiger partial charge in [0, 0.05) is 18.9 Å². The first-order valence-electron chi connectivity index (χ1n) is 5.93. The molecular formula is C11H17N5O. The topological polar surface area (TPSA) is 78.2 Å². The third-order valence-electron chi connectivity index (χ3n) is 2.75. The Balaban J connectivity index is 2.21. The molecule has 2 heterocycles. The zero-order chi connectivity index (χ0) is 12.3. The monoisotopic (exact) mass is 235 g/mol. The van der Waals surface area contributed by atoms with Crippen LogP contribution in [0.25, 0.3) is 5.78 Å². The van der Waals surface area contributed by atoms with E-state index in [1.807, 2.05) is 10.8 Å².